The molecule has 1 N–H and O–H groups in total. The first kappa shape index (κ1) is 14.2. The molecule has 0 aliphatic rings. The summed E-state index contributed by atoms with van der Waals surface area (Å²) in [7, 11) is 0. The third-order valence-electron chi connectivity index (χ3n) is 2.92. The van der Waals surface area contributed by atoms with Gasteiger partial charge in [0, 0.05) is 15.3 Å². The Bertz CT molecular complexity index is 507. The smallest absolute Gasteiger partial charge is 0.119 e. The average Bonchev–Trinajstić information content (AvgIpc) is 2.42. The van der Waals surface area contributed by atoms with Crippen molar-refractivity contribution in [3.8, 4) is 5.75 Å². The molecule has 1 atom stereocenters. The minimum atomic E-state index is 0.287. The molecular formula is C16H18INO. The maximum Gasteiger partial charge on any atom is 0.119 e. The van der Waals surface area contributed by atoms with Gasteiger partial charge in [-0.15, -0.1) is 0 Å². The Morgan fingerprint density at radius 1 is 1.05 bits per heavy atom. The highest BCUT2D eigenvalue weighted by molar-refractivity contribution is 14.1. The summed E-state index contributed by atoms with van der Waals surface area (Å²) in [5.41, 5.74) is 2.39. The summed E-state index contributed by atoms with van der Waals surface area (Å²) >= 11 is 2.32. The molecule has 1 unspecified atom stereocenters. The number of nitrogens with one attached hydrogen (secondary N) is 1. The standard InChI is InChI=1S/C16H18INO/c1-3-19-16-10-8-15(9-11-16)18-12(2)13-4-6-14(17)7-5-13/h4-12,18H,3H2,1-2H3. The molecule has 0 bridgehead atoms. The van der Waals surface area contributed by atoms with Crippen molar-refractivity contribution < 1.29 is 4.74 Å². The average molecular weight is 367 g/mol. The highest BCUT2D eigenvalue weighted by atomic mass is 127. The molecule has 0 heterocycles. The Morgan fingerprint density at radius 2 is 1.68 bits per heavy atom. The summed E-state index contributed by atoms with van der Waals surface area (Å²) in [4.78, 5) is 0. The maximum atomic E-state index is 5.44. The number of rotatable bonds is 5. The molecule has 2 aromatic rings. The van der Waals surface area contributed by atoms with E-state index in [9.17, 15) is 0 Å². The zero-order valence-electron chi connectivity index (χ0n) is 11.2. The Morgan fingerprint density at radius 3 is 2.26 bits per heavy atom. The van der Waals surface area contributed by atoms with Gasteiger partial charge in [-0.05, 0) is 78.4 Å². The van der Waals surface area contributed by atoms with Crippen LogP contribution in [0.15, 0.2) is 48.5 Å². The molecular weight excluding hydrogens is 349 g/mol. The number of hydrogen-bond acceptors (Lipinski definition) is 2. The maximum absolute atomic E-state index is 5.44. The topological polar surface area (TPSA) is 21.3 Å². The lowest BCUT2D eigenvalue weighted by molar-refractivity contribution is 0.340. The molecule has 0 radical (unpaired) electrons. The molecule has 0 aliphatic carbocycles. The number of ether oxygens (including phenoxy) is 1. The van der Waals surface area contributed by atoms with Crippen LogP contribution in [0.1, 0.15) is 25.5 Å². The van der Waals surface area contributed by atoms with Crippen LogP contribution in [0.25, 0.3) is 0 Å². The van der Waals surface area contributed by atoms with Crippen molar-refractivity contribution in [2.45, 2.75) is 19.9 Å². The summed E-state index contributed by atoms with van der Waals surface area (Å²) in [6.45, 7) is 4.86. The van der Waals surface area contributed by atoms with Crippen molar-refractivity contribution >= 4 is 28.3 Å². The van der Waals surface area contributed by atoms with Gasteiger partial charge in [-0.3, -0.25) is 0 Å². The first-order valence-corrected chi connectivity index (χ1v) is 7.52. The van der Waals surface area contributed by atoms with Crippen LogP contribution in [0.5, 0.6) is 5.75 Å². The molecule has 0 amide bonds. The first-order chi connectivity index (χ1) is 9.19. The normalized spacial score (nSPS) is 11.9. The lowest BCUT2D eigenvalue weighted by atomic mass is 10.1. The largest absolute Gasteiger partial charge is 0.494 e. The molecule has 3 heteroatoms. The predicted octanol–water partition coefficient (Wildman–Crippen LogP) is 4.86. The number of benzene rings is 2. The summed E-state index contributed by atoms with van der Waals surface area (Å²) in [6.07, 6.45) is 0. The quantitative estimate of drug-likeness (QED) is 0.762. The summed E-state index contributed by atoms with van der Waals surface area (Å²) in [6, 6.07) is 17.0. The van der Waals surface area contributed by atoms with Gasteiger partial charge in [-0.1, -0.05) is 12.1 Å². The van der Waals surface area contributed by atoms with E-state index in [0.717, 1.165) is 11.4 Å². The van der Waals surface area contributed by atoms with E-state index in [4.69, 9.17) is 4.74 Å². The van der Waals surface area contributed by atoms with Crippen molar-refractivity contribution in [1.29, 1.82) is 0 Å². The summed E-state index contributed by atoms with van der Waals surface area (Å²) in [5, 5.41) is 3.49. The number of hydrogen-bond donors (Lipinski definition) is 1. The Labute approximate surface area is 128 Å². The Hall–Kier alpha value is -1.23. The van der Waals surface area contributed by atoms with E-state index >= 15 is 0 Å². The Balaban J connectivity index is 2.01. The number of anilines is 1. The first-order valence-electron chi connectivity index (χ1n) is 6.44. The molecule has 100 valence electrons. The molecule has 0 fully saturated rings. The number of halogens is 1. The molecule has 0 spiro atoms. The minimum Gasteiger partial charge on any atom is -0.494 e. The molecule has 2 nitrogen and oxygen atoms in total. The second-order valence-corrected chi connectivity index (χ2v) is 5.62. The van der Waals surface area contributed by atoms with Crippen molar-refractivity contribution in [2.24, 2.45) is 0 Å². The molecule has 2 rings (SSSR count). The lowest BCUT2D eigenvalue weighted by Crippen LogP contribution is -2.06. The summed E-state index contributed by atoms with van der Waals surface area (Å²) in [5.74, 6) is 0.912. The van der Waals surface area contributed by atoms with Crippen molar-refractivity contribution in [3.05, 3.63) is 57.7 Å². The lowest BCUT2D eigenvalue weighted by Gasteiger charge is -2.16. The second kappa shape index (κ2) is 6.80. The van der Waals surface area contributed by atoms with Gasteiger partial charge in [0.2, 0.25) is 0 Å². The van der Waals surface area contributed by atoms with Gasteiger partial charge >= 0.3 is 0 Å². The van der Waals surface area contributed by atoms with Gasteiger partial charge in [0.15, 0.2) is 0 Å². The van der Waals surface area contributed by atoms with Crippen LogP contribution in [-0.2, 0) is 0 Å². The third kappa shape index (κ3) is 4.13. The van der Waals surface area contributed by atoms with Crippen molar-refractivity contribution in [3.63, 3.8) is 0 Å². The van der Waals surface area contributed by atoms with E-state index in [1.807, 2.05) is 31.2 Å². The third-order valence-corrected chi connectivity index (χ3v) is 3.64. The van der Waals surface area contributed by atoms with E-state index in [1.165, 1.54) is 9.13 Å². The molecule has 0 saturated carbocycles. The van der Waals surface area contributed by atoms with Crippen molar-refractivity contribution in [1.82, 2.24) is 0 Å². The van der Waals surface area contributed by atoms with Gasteiger partial charge in [-0.2, -0.15) is 0 Å². The van der Waals surface area contributed by atoms with E-state index in [0.29, 0.717) is 6.61 Å². The fraction of sp³-hybridized carbons (Fsp3) is 0.250. The minimum absolute atomic E-state index is 0.287. The zero-order chi connectivity index (χ0) is 13.7. The predicted molar refractivity (Wildman–Crippen MR) is 88.8 cm³/mol. The fourth-order valence-electron chi connectivity index (χ4n) is 1.90. The SMILES string of the molecule is CCOc1ccc(NC(C)c2ccc(I)cc2)cc1. The van der Waals surface area contributed by atoms with Crippen molar-refractivity contribution in [2.75, 3.05) is 11.9 Å². The highest BCUT2D eigenvalue weighted by Gasteiger charge is 2.05. The second-order valence-electron chi connectivity index (χ2n) is 4.37. The van der Waals surface area contributed by atoms with E-state index < -0.39 is 0 Å². The van der Waals surface area contributed by atoms with Crippen LogP contribution in [0.2, 0.25) is 0 Å². The molecule has 0 aliphatic heterocycles. The van der Waals surface area contributed by atoms with Gasteiger partial charge < -0.3 is 10.1 Å². The van der Waals surface area contributed by atoms with Crippen LogP contribution >= 0.6 is 22.6 Å². The van der Waals surface area contributed by atoms with E-state index in [-0.39, 0.29) is 6.04 Å². The monoisotopic (exact) mass is 367 g/mol. The van der Waals surface area contributed by atoms with Crippen LogP contribution < -0.4 is 10.1 Å². The van der Waals surface area contributed by atoms with Gasteiger partial charge in [-0.25, -0.2) is 0 Å². The van der Waals surface area contributed by atoms with Gasteiger partial charge in [0.05, 0.1) is 6.61 Å². The van der Waals surface area contributed by atoms with Crippen LogP contribution in [0.4, 0.5) is 5.69 Å². The molecule has 19 heavy (non-hydrogen) atoms. The fourth-order valence-corrected chi connectivity index (χ4v) is 2.26. The van der Waals surface area contributed by atoms with Crippen LogP contribution in [0, 0.1) is 3.57 Å². The van der Waals surface area contributed by atoms with Gasteiger partial charge in [0.25, 0.3) is 0 Å². The zero-order valence-corrected chi connectivity index (χ0v) is 13.3. The van der Waals surface area contributed by atoms with Crippen LogP contribution in [-0.4, -0.2) is 6.61 Å². The highest BCUT2D eigenvalue weighted by Crippen LogP contribution is 2.22. The van der Waals surface area contributed by atoms with Gasteiger partial charge in [0.1, 0.15) is 5.75 Å². The summed E-state index contributed by atoms with van der Waals surface area (Å²) < 4.78 is 6.69. The Kier molecular flexibility index (Phi) is 5.07. The van der Waals surface area contributed by atoms with E-state index in [2.05, 4.69) is 59.1 Å². The van der Waals surface area contributed by atoms with Crippen LogP contribution in [0.3, 0.4) is 0 Å². The van der Waals surface area contributed by atoms with E-state index in [1.54, 1.807) is 0 Å². The molecule has 0 saturated heterocycles. The molecule has 0 aromatic heterocycles. The molecule has 2 aromatic carbocycles.